The summed E-state index contributed by atoms with van der Waals surface area (Å²) in [6.07, 6.45) is 10.5. The molecule has 0 heterocycles. The van der Waals surface area contributed by atoms with Gasteiger partial charge in [-0.05, 0) is 50.9 Å². The first kappa shape index (κ1) is 12.5. The zero-order valence-electron chi connectivity index (χ0n) is 11.0. The minimum Gasteiger partial charge on any atom is -0.338 e. The van der Waals surface area contributed by atoms with Crippen LogP contribution in [0.3, 0.4) is 0 Å². The summed E-state index contributed by atoms with van der Waals surface area (Å²) < 4.78 is 0. The molecule has 2 unspecified atom stereocenters. The Hall–Kier alpha value is -0.990. The molecule has 96 valence electrons. The molecule has 0 aliphatic heterocycles. The van der Waals surface area contributed by atoms with Gasteiger partial charge in [-0.2, -0.15) is 0 Å². The summed E-state index contributed by atoms with van der Waals surface area (Å²) in [5, 5.41) is 3.07. The summed E-state index contributed by atoms with van der Waals surface area (Å²) in [5.41, 5.74) is 0. The second-order valence-corrected chi connectivity index (χ2v) is 5.53. The van der Waals surface area contributed by atoms with Crippen molar-refractivity contribution < 1.29 is 4.79 Å². The van der Waals surface area contributed by atoms with E-state index in [4.69, 9.17) is 0 Å². The Morgan fingerprint density at radius 2 is 2.18 bits per heavy atom. The fourth-order valence-corrected chi connectivity index (χ4v) is 2.48. The normalized spacial score (nSPS) is 25.4. The van der Waals surface area contributed by atoms with Crippen LogP contribution in [-0.4, -0.2) is 30.6 Å². The maximum absolute atomic E-state index is 12.0. The molecular weight excluding hydrogens is 212 g/mol. The standard InChI is InChI=1S/C14H24N2O/c1-11(13-8-9-13)16(2)14(17)15-10-12-6-4-3-5-7-12/h3-4,11-13H,5-10H2,1-2H3,(H,15,17). The van der Waals surface area contributed by atoms with E-state index in [1.807, 2.05) is 11.9 Å². The number of urea groups is 1. The Labute approximate surface area is 104 Å². The molecule has 0 aromatic rings. The van der Waals surface area contributed by atoms with E-state index in [0.29, 0.717) is 12.0 Å². The lowest BCUT2D eigenvalue weighted by Crippen LogP contribution is -2.44. The largest absolute Gasteiger partial charge is 0.338 e. The molecule has 2 aliphatic carbocycles. The van der Waals surface area contributed by atoms with Crippen LogP contribution in [0, 0.1) is 11.8 Å². The lowest BCUT2D eigenvalue weighted by atomic mass is 9.94. The SMILES string of the molecule is CC(C1CC1)N(C)C(=O)NCC1CC=CCC1. The van der Waals surface area contributed by atoms with Crippen LogP contribution in [0.2, 0.25) is 0 Å². The third-order valence-electron chi connectivity index (χ3n) is 4.16. The number of hydrogen-bond donors (Lipinski definition) is 1. The molecule has 0 aromatic heterocycles. The number of carbonyl (C=O) groups excluding carboxylic acids is 1. The molecular formula is C14H24N2O. The lowest BCUT2D eigenvalue weighted by molar-refractivity contribution is 0.186. The molecule has 1 N–H and O–H groups in total. The van der Waals surface area contributed by atoms with Crippen molar-refractivity contribution in [2.75, 3.05) is 13.6 Å². The minimum absolute atomic E-state index is 0.0963. The molecule has 17 heavy (non-hydrogen) atoms. The molecule has 2 amide bonds. The molecule has 0 bridgehead atoms. The molecule has 1 fully saturated rings. The van der Waals surface area contributed by atoms with Crippen LogP contribution in [0.4, 0.5) is 4.79 Å². The van der Waals surface area contributed by atoms with E-state index in [2.05, 4.69) is 24.4 Å². The van der Waals surface area contributed by atoms with Crippen LogP contribution in [0.1, 0.15) is 39.0 Å². The molecule has 0 spiro atoms. The summed E-state index contributed by atoms with van der Waals surface area (Å²) in [4.78, 5) is 13.8. The summed E-state index contributed by atoms with van der Waals surface area (Å²) in [6.45, 7) is 2.98. The van der Waals surface area contributed by atoms with Gasteiger partial charge in [0.25, 0.3) is 0 Å². The summed E-state index contributed by atoms with van der Waals surface area (Å²) in [6, 6.07) is 0.486. The van der Waals surface area contributed by atoms with Crippen LogP contribution >= 0.6 is 0 Å². The van der Waals surface area contributed by atoms with Gasteiger partial charge >= 0.3 is 6.03 Å². The maximum atomic E-state index is 12.0. The maximum Gasteiger partial charge on any atom is 0.317 e. The third-order valence-corrected chi connectivity index (χ3v) is 4.16. The zero-order valence-corrected chi connectivity index (χ0v) is 11.0. The van der Waals surface area contributed by atoms with E-state index in [0.717, 1.165) is 25.3 Å². The number of nitrogens with one attached hydrogen (secondary N) is 1. The van der Waals surface area contributed by atoms with Crippen molar-refractivity contribution in [3.8, 4) is 0 Å². The van der Waals surface area contributed by atoms with E-state index < -0.39 is 0 Å². The van der Waals surface area contributed by atoms with Gasteiger partial charge in [0, 0.05) is 19.6 Å². The van der Waals surface area contributed by atoms with Gasteiger partial charge in [-0.3, -0.25) is 0 Å². The van der Waals surface area contributed by atoms with Crippen LogP contribution in [0.5, 0.6) is 0 Å². The Balaban J connectivity index is 1.70. The average Bonchev–Trinajstić information content (AvgIpc) is 3.19. The molecule has 1 saturated carbocycles. The van der Waals surface area contributed by atoms with Gasteiger partial charge in [0.2, 0.25) is 0 Å². The van der Waals surface area contributed by atoms with E-state index in [1.165, 1.54) is 19.3 Å². The number of allylic oxidation sites excluding steroid dienone is 2. The monoisotopic (exact) mass is 236 g/mol. The molecule has 0 radical (unpaired) electrons. The highest BCUT2D eigenvalue weighted by molar-refractivity contribution is 5.74. The molecule has 2 aliphatic rings. The van der Waals surface area contributed by atoms with Crippen LogP contribution < -0.4 is 5.32 Å². The highest BCUT2D eigenvalue weighted by Gasteiger charge is 2.32. The highest BCUT2D eigenvalue weighted by atomic mass is 16.2. The Bertz CT molecular complexity index is 297. The minimum atomic E-state index is 0.0963. The second-order valence-electron chi connectivity index (χ2n) is 5.53. The van der Waals surface area contributed by atoms with Crippen molar-refractivity contribution >= 4 is 6.03 Å². The molecule has 2 rings (SSSR count). The fraction of sp³-hybridized carbons (Fsp3) is 0.786. The lowest BCUT2D eigenvalue weighted by Gasteiger charge is -2.26. The van der Waals surface area contributed by atoms with Gasteiger partial charge in [0.05, 0.1) is 0 Å². The Morgan fingerprint density at radius 1 is 1.41 bits per heavy atom. The number of amides is 2. The van der Waals surface area contributed by atoms with Crippen molar-refractivity contribution in [1.29, 1.82) is 0 Å². The predicted octanol–water partition coefficient (Wildman–Crippen LogP) is 2.78. The second kappa shape index (κ2) is 5.56. The predicted molar refractivity (Wildman–Crippen MR) is 69.8 cm³/mol. The topological polar surface area (TPSA) is 32.3 Å². The van der Waals surface area contributed by atoms with Crippen molar-refractivity contribution in [1.82, 2.24) is 10.2 Å². The number of nitrogens with zero attached hydrogens (tertiary/aromatic N) is 1. The van der Waals surface area contributed by atoms with E-state index >= 15 is 0 Å². The van der Waals surface area contributed by atoms with E-state index in [1.54, 1.807) is 0 Å². The van der Waals surface area contributed by atoms with E-state index in [-0.39, 0.29) is 6.03 Å². The quantitative estimate of drug-likeness (QED) is 0.748. The van der Waals surface area contributed by atoms with Gasteiger partial charge in [0.15, 0.2) is 0 Å². The first-order chi connectivity index (χ1) is 8.18. The summed E-state index contributed by atoms with van der Waals surface area (Å²) in [7, 11) is 1.92. The van der Waals surface area contributed by atoms with Gasteiger partial charge in [-0.25, -0.2) is 4.79 Å². The van der Waals surface area contributed by atoms with Crippen molar-refractivity contribution in [2.24, 2.45) is 11.8 Å². The first-order valence-electron chi connectivity index (χ1n) is 6.84. The summed E-state index contributed by atoms with van der Waals surface area (Å²) >= 11 is 0. The van der Waals surface area contributed by atoms with Gasteiger partial charge in [-0.15, -0.1) is 0 Å². The molecule has 2 atom stereocenters. The fourth-order valence-electron chi connectivity index (χ4n) is 2.48. The van der Waals surface area contributed by atoms with Gasteiger partial charge < -0.3 is 10.2 Å². The number of hydrogen-bond acceptors (Lipinski definition) is 1. The van der Waals surface area contributed by atoms with Crippen LogP contribution in [0.25, 0.3) is 0 Å². The zero-order chi connectivity index (χ0) is 12.3. The van der Waals surface area contributed by atoms with Gasteiger partial charge in [0.1, 0.15) is 0 Å². The molecule has 3 heteroatoms. The van der Waals surface area contributed by atoms with Crippen LogP contribution in [-0.2, 0) is 0 Å². The molecule has 3 nitrogen and oxygen atoms in total. The van der Waals surface area contributed by atoms with Crippen molar-refractivity contribution in [2.45, 2.75) is 45.1 Å². The highest BCUT2D eigenvalue weighted by Crippen LogP contribution is 2.34. The number of carbonyl (C=O) groups is 1. The summed E-state index contributed by atoms with van der Waals surface area (Å²) in [5.74, 6) is 1.37. The van der Waals surface area contributed by atoms with Crippen molar-refractivity contribution in [3.05, 3.63) is 12.2 Å². The average molecular weight is 236 g/mol. The Kier molecular flexibility index (Phi) is 4.08. The van der Waals surface area contributed by atoms with Crippen molar-refractivity contribution in [3.63, 3.8) is 0 Å². The Morgan fingerprint density at radius 3 is 2.76 bits per heavy atom. The number of rotatable bonds is 4. The molecule has 0 aromatic carbocycles. The first-order valence-corrected chi connectivity index (χ1v) is 6.84. The van der Waals surface area contributed by atoms with E-state index in [9.17, 15) is 4.79 Å². The van der Waals surface area contributed by atoms with Crippen LogP contribution in [0.15, 0.2) is 12.2 Å². The third kappa shape index (κ3) is 3.48. The molecule has 0 saturated heterocycles. The smallest absolute Gasteiger partial charge is 0.317 e. The van der Waals surface area contributed by atoms with Gasteiger partial charge in [-0.1, -0.05) is 12.2 Å².